The maximum atomic E-state index is 3.57. The Kier molecular flexibility index (Phi) is 4.60. The zero-order valence-corrected chi connectivity index (χ0v) is 16.1. The van der Waals surface area contributed by atoms with Crippen molar-refractivity contribution in [3.05, 3.63) is 72.3 Å². The molecule has 0 bridgehead atoms. The fourth-order valence-electron chi connectivity index (χ4n) is 3.92. The van der Waals surface area contributed by atoms with Gasteiger partial charge < -0.3 is 5.32 Å². The summed E-state index contributed by atoms with van der Waals surface area (Å²) < 4.78 is 0. The molecule has 0 aliphatic rings. The Hall–Kier alpha value is -2.28. The summed E-state index contributed by atoms with van der Waals surface area (Å²) in [5.74, 6) is 0. The molecule has 0 spiro atoms. The van der Waals surface area contributed by atoms with E-state index in [0.717, 1.165) is 17.8 Å². The SMILES string of the molecule is CC(C)(C)CC(C)(C)c1ccc(Nc2cccc3ccccc23)cc1. The molecule has 3 aromatic carbocycles. The van der Waals surface area contributed by atoms with Gasteiger partial charge in [0.2, 0.25) is 0 Å². The van der Waals surface area contributed by atoms with Crippen LogP contribution in [0.15, 0.2) is 66.7 Å². The van der Waals surface area contributed by atoms with E-state index in [0.29, 0.717) is 5.41 Å². The van der Waals surface area contributed by atoms with Gasteiger partial charge in [0.15, 0.2) is 0 Å². The van der Waals surface area contributed by atoms with E-state index < -0.39 is 0 Å². The molecule has 25 heavy (non-hydrogen) atoms. The third kappa shape index (κ3) is 4.22. The fourth-order valence-corrected chi connectivity index (χ4v) is 3.92. The highest BCUT2D eigenvalue weighted by Crippen LogP contribution is 2.37. The second kappa shape index (κ2) is 6.55. The number of hydrogen-bond donors (Lipinski definition) is 1. The Morgan fingerprint density at radius 2 is 1.36 bits per heavy atom. The van der Waals surface area contributed by atoms with Crippen LogP contribution >= 0.6 is 0 Å². The second-order valence-corrected chi connectivity index (χ2v) is 8.85. The molecule has 0 radical (unpaired) electrons. The van der Waals surface area contributed by atoms with Gasteiger partial charge in [0, 0.05) is 16.8 Å². The molecule has 0 saturated carbocycles. The quantitative estimate of drug-likeness (QED) is 0.529. The normalized spacial score (nSPS) is 12.4. The Morgan fingerprint density at radius 1 is 0.720 bits per heavy atom. The van der Waals surface area contributed by atoms with Gasteiger partial charge in [0.05, 0.1) is 0 Å². The molecule has 0 aliphatic carbocycles. The molecule has 130 valence electrons. The van der Waals surface area contributed by atoms with Crippen LogP contribution in [0.1, 0.15) is 46.6 Å². The number of hydrogen-bond acceptors (Lipinski definition) is 1. The summed E-state index contributed by atoms with van der Waals surface area (Å²) in [5, 5.41) is 6.09. The van der Waals surface area contributed by atoms with Crippen molar-refractivity contribution in [3.8, 4) is 0 Å². The summed E-state index contributed by atoms with van der Waals surface area (Å²) in [6.07, 6.45) is 1.16. The second-order valence-electron chi connectivity index (χ2n) is 8.85. The van der Waals surface area contributed by atoms with Crippen LogP contribution in [0.2, 0.25) is 0 Å². The van der Waals surface area contributed by atoms with Crippen molar-refractivity contribution in [1.29, 1.82) is 0 Å². The molecule has 3 aromatic rings. The van der Waals surface area contributed by atoms with Crippen molar-refractivity contribution in [2.45, 2.75) is 46.5 Å². The lowest BCUT2D eigenvalue weighted by Gasteiger charge is -2.33. The summed E-state index contributed by atoms with van der Waals surface area (Å²) in [7, 11) is 0. The fraction of sp³-hybridized carbons (Fsp3) is 0.333. The predicted octanol–water partition coefficient (Wildman–Crippen LogP) is 7.30. The molecule has 0 aliphatic heterocycles. The van der Waals surface area contributed by atoms with E-state index in [1.807, 2.05) is 0 Å². The first-order chi connectivity index (χ1) is 11.7. The first-order valence-electron chi connectivity index (χ1n) is 9.10. The Balaban J connectivity index is 1.83. The van der Waals surface area contributed by atoms with Crippen molar-refractivity contribution < 1.29 is 0 Å². The molecule has 0 heterocycles. The van der Waals surface area contributed by atoms with Crippen LogP contribution < -0.4 is 5.32 Å². The van der Waals surface area contributed by atoms with Gasteiger partial charge in [-0.2, -0.15) is 0 Å². The van der Waals surface area contributed by atoms with E-state index in [2.05, 4.69) is 107 Å². The summed E-state index contributed by atoms with van der Waals surface area (Å²) >= 11 is 0. The number of nitrogens with one attached hydrogen (secondary N) is 1. The minimum absolute atomic E-state index is 0.177. The van der Waals surface area contributed by atoms with Crippen LogP contribution in [0.4, 0.5) is 11.4 Å². The van der Waals surface area contributed by atoms with Gasteiger partial charge in [-0.05, 0) is 46.4 Å². The molecule has 0 aromatic heterocycles. The number of fused-ring (bicyclic) bond motifs is 1. The van der Waals surface area contributed by atoms with Gasteiger partial charge in [-0.15, -0.1) is 0 Å². The zero-order chi connectivity index (χ0) is 18.1. The number of rotatable bonds is 4. The zero-order valence-electron chi connectivity index (χ0n) is 16.1. The van der Waals surface area contributed by atoms with Crippen LogP contribution in [0.3, 0.4) is 0 Å². The third-order valence-electron chi connectivity index (χ3n) is 4.71. The number of anilines is 2. The minimum atomic E-state index is 0.177. The highest BCUT2D eigenvalue weighted by Gasteiger charge is 2.27. The van der Waals surface area contributed by atoms with Gasteiger partial charge in [-0.25, -0.2) is 0 Å². The summed E-state index contributed by atoms with van der Waals surface area (Å²) in [4.78, 5) is 0. The van der Waals surface area contributed by atoms with Gasteiger partial charge in [0.1, 0.15) is 0 Å². The average Bonchev–Trinajstić information content (AvgIpc) is 2.53. The van der Waals surface area contributed by atoms with Crippen molar-refractivity contribution in [1.82, 2.24) is 0 Å². The van der Waals surface area contributed by atoms with E-state index >= 15 is 0 Å². The summed E-state index contributed by atoms with van der Waals surface area (Å²) in [5.41, 5.74) is 4.18. The van der Waals surface area contributed by atoms with E-state index in [1.54, 1.807) is 0 Å². The van der Waals surface area contributed by atoms with Gasteiger partial charge in [0.25, 0.3) is 0 Å². The summed E-state index contributed by atoms with van der Waals surface area (Å²) in [6, 6.07) is 23.8. The van der Waals surface area contributed by atoms with Crippen LogP contribution in [-0.2, 0) is 5.41 Å². The Bertz CT molecular complexity index is 846. The molecule has 0 atom stereocenters. The standard InChI is InChI=1S/C24H29N/c1-23(2,3)17-24(4,5)19-13-15-20(16-14-19)25-22-12-8-10-18-9-6-7-11-21(18)22/h6-16,25H,17H2,1-5H3. The maximum absolute atomic E-state index is 3.57. The highest BCUT2D eigenvalue weighted by atomic mass is 14.9. The van der Waals surface area contributed by atoms with E-state index in [1.165, 1.54) is 16.3 Å². The molecule has 3 rings (SSSR count). The van der Waals surface area contributed by atoms with Crippen molar-refractivity contribution in [3.63, 3.8) is 0 Å². The van der Waals surface area contributed by atoms with E-state index in [-0.39, 0.29) is 5.41 Å². The Labute approximate surface area is 152 Å². The molecule has 0 amide bonds. The smallest absolute Gasteiger partial charge is 0.0463 e. The van der Waals surface area contributed by atoms with Crippen LogP contribution in [0.25, 0.3) is 10.8 Å². The molecule has 0 unspecified atom stereocenters. The molecular weight excluding hydrogens is 302 g/mol. The van der Waals surface area contributed by atoms with Crippen LogP contribution in [-0.4, -0.2) is 0 Å². The van der Waals surface area contributed by atoms with E-state index in [4.69, 9.17) is 0 Å². The molecule has 1 nitrogen and oxygen atoms in total. The lowest BCUT2D eigenvalue weighted by atomic mass is 9.72. The van der Waals surface area contributed by atoms with Gasteiger partial charge in [-0.3, -0.25) is 0 Å². The lowest BCUT2D eigenvalue weighted by molar-refractivity contribution is 0.284. The highest BCUT2D eigenvalue weighted by molar-refractivity contribution is 5.95. The largest absolute Gasteiger partial charge is 0.355 e. The van der Waals surface area contributed by atoms with Crippen molar-refractivity contribution in [2.75, 3.05) is 5.32 Å². The van der Waals surface area contributed by atoms with Gasteiger partial charge >= 0.3 is 0 Å². The lowest BCUT2D eigenvalue weighted by Crippen LogP contribution is -2.24. The monoisotopic (exact) mass is 331 g/mol. The predicted molar refractivity (Wildman–Crippen MR) is 111 cm³/mol. The average molecular weight is 332 g/mol. The first kappa shape index (κ1) is 17.5. The van der Waals surface area contributed by atoms with Gasteiger partial charge in [-0.1, -0.05) is 83.1 Å². The number of benzene rings is 3. The molecule has 0 saturated heterocycles. The molecule has 1 heteroatoms. The molecule has 0 fully saturated rings. The molecular formula is C24H29N. The van der Waals surface area contributed by atoms with Crippen molar-refractivity contribution >= 4 is 22.1 Å². The van der Waals surface area contributed by atoms with Crippen LogP contribution in [0, 0.1) is 5.41 Å². The van der Waals surface area contributed by atoms with E-state index in [9.17, 15) is 0 Å². The topological polar surface area (TPSA) is 12.0 Å². The third-order valence-corrected chi connectivity index (χ3v) is 4.71. The maximum Gasteiger partial charge on any atom is 0.0463 e. The Morgan fingerprint density at radius 3 is 2.04 bits per heavy atom. The van der Waals surface area contributed by atoms with Crippen LogP contribution in [0.5, 0.6) is 0 Å². The molecule has 1 N–H and O–H groups in total. The summed E-state index contributed by atoms with van der Waals surface area (Å²) in [6.45, 7) is 11.6. The first-order valence-corrected chi connectivity index (χ1v) is 9.10. The minimum Gasteiger partial charge on any atom is -0.355 e. The van der Waals surface area contributed by atoms with Crippen molar-refractivity contribution in [2.24, 2.45) is 5.41 Å².